The molecule has 6 nitrogen and oxygen atoms in total. The number of nitrogens with zero attached hydrogens (tertiary/aromatic N) is 3. The first-order valence-corrected chi connectivity index (χ1v) is 11.5. The second kappa shape index (κ2) is 9.43. The summed E-state index contributed by atoms with van der Waals surface area (Å²) in [6.07, 6.45) is 2.64. The van der Waals surface area contributed by atoms with Crippen molar-refractivity contribution in [2.24, 2.45) is 0 Å². The Kier molecular flexibility index (Phi) is 6.70. The molecule has 2 aliphatic heterocycles. The standard InChI is InChI=1S/C21H27ClN4O2S/c22-19-16-5-1-2-6-17(16)29-20(19)21(28)23-15-18(27)26-13-11-25(12-14-26)10-9-24-7-3-4-8-24/h1-2,5-6H,3-4,7-15H2,(H,23,28). The zero-order valence-corrected chi connectivity index (χ0v) is 18.1. The summed E-state index contributed by atoms with van der Waals surface area (Å²) in [6, 6.07) is 7.67. The summed E-state index contributed by atoms with van der Waals surface area (Å²) in [4.78, 5) is 32.3. The molecule has 156 valence electrons. The number of benzene rings is 1. The highest BCUT2D eigenvalue weighted by molar-refractivity contribution is 7.21. The van der Waals surface area contributed by atoms with Gasteiger partial charge in [-0.2, -0.15) is 0 Å². The van der Waals surface area contributed by atoms with Crippen LogP contribution in [0.2, 0.25) is 5.02 Å². The molecule has 1 N–H and O–H groups in total. The third-order valence-corrected chi connectivity index (χ3v) is 7.47. The summed E-state index contributed by atoms with van der Waals surface area (Å²) in [7, 11) is 0. The van der Waals surface area contributed by atoms with E-state index in [4.69, 9.17) is 11.6 Å². The van der Waals surface area contributed by atoms with Crippen LogP contribution in [0.15, 0.2) is 24.3 Å². The van der Waals surface area contributed by atoms with Gasteiger partial charge in [-0.05, 0) is 32.0 Å². The van der Waals surface area contributed by atoms with Gasteiger partial charge in [-0.25, -0.2) is 0 Å². The summed E-state index contributed by atoms with van der Waals surface area (Å²) in [6.45, 7) is 7.90. The Balaban J connectivity index is 1.22. The van der Waals surface area contributed by atoms with Crippen molar-refractivity contribution in [1.29, 1.82) is 0 Å². The Hall–Kier alpha value is -1.67. The van der Waals surface area contributed by atoms with E-state index in [1.165, 1.54) is 37.3 Å². The quantitative estimate of drug-likeness (QED) is 0.759. The first kappa shape index (κ1) is 20.6. The molecule has 4 rings (SSSR count). The van der Waals surface area contributed by atoms with Gasteiger partial charge in [-0.3, -0.25) is 14.5 Å². The maximum Gasteiger partial charge on any atom is 0.263 e. The lowest BCUT2D eigenvalue weighted by molar-refractivity contribution is -0.131. The first-order valence-electron chi connectivity index (χ1n) is 10.3. The molecule has 0 saturated carbocycles. The van der Waals surface area contributed by atoms with E-state index in [1.54, 1.807) is 0 Å². The third-order valence-electron chi connectivity index (χ3n) is 5.80. The number of piperazine rings is 1. The highest BCUT2D eigenvalue weighted by Crippen LogP contribution is 2.34. The molecule has 29 heavy (non-hydrogen) atoms. The van der Waals surface area contributed by atoms with Gasteiger partial charge in [-0.1, -0.05) is 29.8 Å². The average molecular weight is 435 g/mol. The lowest BCUT2D eigenvalue weighted by atomic mass is 10.2. The van der Waals surface area contributed by atoms with Crippen LogP contribution in [0, 0.1) is 0 Å². The van der Waals surface area contributed by atoms with Crippen LogP contribution >= 0.6 is 22.9 Å². The van der Waals surface area contributed by atoms with Crippen LogP contribution in [0.4, 0.5) is 0 Å². The molecule has 1 aromatic carbocycles. The highest BCUT2D eigenvalue weighted by atomic mass is 35.5. The van der Waals surface area contributed by atoms with Gasteiger partial charge in [0, 0.05) is 49.4 Å². The molecule has 2 aliphatic rings. The van der Waals surface area contributed by atoms with E-state index in [-0.39, 0.29) is 18.4 Å². The fourth-order valence-corrected chi connectivity index (χ4v) is 5.45. The molecule has 0 radical (unpaired) electrons. The summed E-state index contributed by atoms with van der Waals surface area (Å²) in [5.74, 6) is -0.316. The van der Waals surface area contributed by atoms with E-state index in [0.717, 1.165) is 49.4 Å². The number of halogens is 1. The van der Waals surface area contributed by atoms with Crippen LogP contribution in [0.1, 0.15) is 22.5 Å². The first-order chi connectivity index (χ1) is 14.1. The molecule has 0 unspecified atom stereocenters. The number of hydrogen-bond donors (Lipinski definition) is 1. The van der Waals surface area contributed by atoms with Crippen molar-refractivity contribution >= 4 is 44.8 Å². The normalized spacial score (nSPS) is 18.4. The number of nitrogens with one attached hydrogen (secondary N) is 1. The van der Waals surface area contributed by atoms with Crippen molar-refractivity contribution < 1.29 is 9.59 Å². The monoisotopic (exact) mass is 434 g/mol. The molecule has 0 aliphatic carbocycles. The number of carbonyl (C=O) groups is 2. The predicted molar refractivity (Wildman–Crippen MR) is 118 cm³/mol. The van der Waals surface area contributed by atoms with E-state index < -0.39 is 0 Å². The average Bonchev–Trinajstić information content (AvgIpc) is 3.39. The Morgan fingerprint density at radius 2 is 1.62 bits per heavy atom. The molecule has 2 aromatic rings. The third kappa shape index (κ3) is 4.91. The van der Waals surface area contributed by atoms with Gasteiger partial charge in [0.15, 0.2) is 0 Å². The molecule has 1 aromatic heterocycles. The van der Waals surface area contributed by atoms with E-state index in [1.807, 2.05) is 29.2 Å². The molecule has 2 fully saturated rings. The number of thiophene rings is 1. The van der Waals surface area contributed by atoms with Crippen molar-refractivity contribution in [3.63, 3.8) is 0 Å². The lowest BCUT2D eigenvalue weighted by Gasteiger charge is -2.35. The lowest BCUT2D eigenvalue weighted by Crippen LogP contribution is -2.52. The summed E-state index contributed by atoms with van der Waals surface area (Å²) in [5, 5.41) is 4.08. The number of amides is 2. The van der Waals surface area contributed by atoms with Crippen LogP contribution in [0.5, 0.6) is 0 Å². The molecule has 8 heteroatoms. The van der Waals surface area contributed by atoms with E-state index in [9.17, 15) is 9.59 Å². The van der Waals surface area contributed by atoms with Gasteiger partial charge >= 0.3 is 0 Å². The molecular weight excluding hydrogens is 408 g/mol. The minimum atomic E-state index is -0.284. The van der Waals surface area contributed by atoms with Crippen molar-refractivity contribution in [1.82, 2.24) is 20.0 Å². The van der Waals surface area contributed by atoms with E-state index in [0.29, 0.717) is 9.90 Å². The van der Waals surface area contributed by atoms with Gasteiger partial charge in [-0.15, -0.1) is 11.3 Å². The number of likely N-dealkylation sites (tertiary alicyclic amines) is 1. The maximum atomic E-state index is 12.5. The summed E-state index contributed by atoms with van der Waals surface area (Å²) in [5.41, 5.74) is 0. The second-order valence-electron chi connectivity index (χ2n) is 7.70. The van der Waals surface area contributed by atoms with Crippen LogP contribution in [-0.2, 0) is 4.79 Å². The Morgan fingerprint density at radius 3 is 2.31 bits per heavy atom. The zero-order chi connectivity index (χ0) is 20.2. The van der Waals surface area contributed by atoms with Crippen molar-refractivity contribution in [2.75, 3.05) is 58.9 Å². The SMILES string of the molecule is O=C(NCC(=O)N1CCN(CCN2CCCC2)CC1)c1sc2ccccc2c1Cl. The minimum absolute atomic E-state index is 0.0111. The van der Waals surface area contributed by atoms with Crippen molar-refractivity contribution in [3.05, 3.63) is 34.2 Å². The summed E-state index contributed by atoms with van der Waals surface area (Å²) >= 11 is 7.71. The fourth-order valence-electron chi connectivity index (χ4n) is 4.02. The van der Waals surface area contributed by atoms with Crippen LogP contribution in [-0.4, -0.2) is 85.4 Å². The minimum Gasteiger partial charge on any atom is -0.342 e. The predicted octanol–water partition coefficient (Wildman–Crippen LogP) is 2.52. The Bertz CT molecular complexity index is 873. The second-order valence-corrected chi connectivity index (χ2v) is 9.13. The van der Waals surface area contributed by atoms with Gasteiger partial charge in [0.05, 0.1) is 11.6 Å². The van der Waals surface area contributed by atoms with Crippen LogP contribution in [0.25, 0.3) is 10.1 Å². The topological polar surface area (TPSA) is 55.9 Å². The molecular formula is C21H27ClN4O2S. The van der Waals surface area contributed by atoms with Gasteiger partial charge < -0.3 is 15.1 Å². The van der Waals surface area contributed by atoms with Crippen LogP contribution in [0.3, 0.4) is 0 Å². The smallest absolute Gasteiger partial charge is 0.263 e. The number of hydrogen-bond acceptors (Lipinski definition) is 5. The number of carbonyl (C=O) groups excluding carboxylic acids is 2. The highest BCUT2D eigenvalue weighted by Gasteiger charge is 2.23. The van der Waals surface area contributed by atoms with Crippen molar-refractivity contribution in [2.45, 2.75) is 12.8 Å². The van der Waals surface area contributed by atoms with Gasteiger partial charge in [0.25, 0.3) is 5.91 Å². The van der Waals surface area contributed by atoms with Crippen LogP contribution < -0.4 is 5.32 Å². The number of fused-ring (bicyclic) bond motifs is 1. The largest absolute Gasteiger partial charge is 0.342 e. The van der Waals surface area contributed by atoms with Crippen molar-refractivity contribution in [3.8, 4) is 0 Å². The zero-order valence-electron chi connectivity index (χ0n) is 16.5. The fraction of sp³-hybridized carbons (Fsp3) is 0.524. The Labute approximate surface area is 180 Å². The molecule has 0 bridgehead atoms. The Morgan fingerprint density at radius 1 is 0.966 bits per heavy atom. The molecule has 2 saturated heterocycles. The molecule has 2 amide bonds. The number of rotatable bonds is 6. The molecule has 0 atom stereocenters. The maximum absolute atomic E-state index is 12.5. The summed E-state index contributed by atoms with van der Waals surface area (Å²) < 4.78 is 0.971. The molecule has 0 spiro atoms. The van der Waals surface area contributed by atoms with E-state index >= 15 is 0 Å². The van der Waals surface area contributed by atoms with E-state index in [2.05, 4.69) is 15.1 Å². The van der Waals surface area contributed by atoms with Gasteiger partial charge in [0.1, 0.15) is 4.88 Å². The van der Waals surface area contributed by atoms with Gasteiger partial charge in [0.2, 0.25) is 5.91 Å². The molecule has 3 heterocycles.